The molecule has 2 aliphatic carbocycles. The number of para-hydroxylation sites is 1. The molecule has 2 saturated carbocycles. The van der Waals surface area contributed by atoms with Crippen LogP contribution in [0.3, 0.4) is 0 Å². The number of hydrogen-bond donors (Lipinski definition) is 2. The van der Waals surface area contributed by atoms with Crippen molar-refractivity contribution in [3.8, 4) is 5.75 Å². The predicted octanol–water partition coefficient (Wildman–Crippen LogP) is 4.60. The predicted molar refractivity (Wildman–Crippen MR) is 98.8 cm³/mol. The van der Waals surface area contributed by atoms with E-state index in [0.717, 1.165) is 42.3 Å². The Kier molecular flexibility index (Phi) is 3.14. The van der Waals surface area contributed by atoms with Gasteiger partial charge in [-0.15, -0.1) is 0 Å². The number of benzene rings is 2. The summed E-state index contributed by atoms with van der Waals surface area (Å²) in [7, 11) is 0. The molecule has 2 aliphatic rings. The van der Waals surface area contributed by atoms with Gasteiger partial charge in [0.15, 0.2) is 5.75 Å². The first-order chi connectivity index (χ1) is 12.6. The van der Waals surface area contributed by atoms with Crippen molar-refractivity contribution in [2.45, 2.75) is 37.0 Å². The Hall–Kier alpha value is -2.88. The van der Waals surface area contributed by atoms with Gasteiger partial charge in [0, 0.05) is 10.8 Å². The van der Waals surface area contributed by atoms with Crippen LogP contribution in [-0.2, 0) is 5.41 Å². The Morgan fingerprint density at radius 1 is 1.04 bits per heavy atom. The number of carboxylic acids is 1. The SMILES string of the molecule is O=C(O)c1c(O)c(C2(c3ccccc3)CC2)nc2c(C3CC3)cccc12. The van der Waals surface area contributed by atoms with Crippen molar-refractivity contribution in [3.05, 3.63) is 70.9 Å². The molecule has 4 heteroatoms. The quantitative estimate of drug-likeness (QED) is 0.725. The third-order valence-electron chi connectivity index (χ3n) is 5.78. The van der Waals surface area contributed by atoms with E-state index >= 15 is 0 Å². The zero-order chi connectivity index (χ0) is 17.9. The Bertz CT molecular complexity index is 1030. The van der Waals surface area contributed by atoms with Crippen LogP contribution in [0, 0.1) is 0 Å². The topological polar surface area (TPSA) is 70.4 Å². The third kappa shape index (κ3) is 2.15. The van der Waals surface area contributed by atoms with E-state index in [1.165, 1.54) is 0 Å². The van der Waals surface area contributed by atoms with Gasteiger partial charge in [0.05, 0.1) is 11.2 Å². The van der Waals surface area contributed by atoms with Gasteiger partial charge in [0.25, 0.3) is 0 Å². The molecule has 4 nitrogen and oxygen atoms in total. The van der Waals surface area contributed by atoms with Crippen molar-refractivity contribution in [2.24, 2.45) is 0 Å². The van der Waals surface area contributed by atoms with Gasteiger partial charge in [-0.1, -0.05) is 48.5 Å². The minimum atomic E-state index is -1.10. The largest absolute Gasteiger partial charge is 0.505 e. The highest BCUT2D eigenvalue weighted by atomic mass is 16.4. The molecule has 0 saturated heterocycles. The molecule has 26 heavy (non-hydrogen) atoms. The van der Waals surface area contributed by atoms with Crippen LogP contribution in [0.5, 0.6) is 5.75 Å². The van der Waals surface area contributed by atoms with Crippen molar-refractivity contribution >= 4 is 16.9 Å². The zero-order valence-corrected chi connectivity index (χ0v) is 14.3. The summed E-state index contributed by atoms with van der Waals surface area (Å²) in [5, 5.41) is 21.2. The molecule has 2 fully saturated rings. The molecule has 0 unspecified atom stereocenters. The third-order valence-corrected chi connectivity index (χ3v) is 5.78. The summed E-state index contributed by atoms with van der Waals surface area (Å²) in [5.74, 6) is -0.829. The molecule has 0 spiro atoms. The molecular weight excluding hydrogens is 326 g/mol. The normalized spacial score (nSPS) is 18.0. The molecule has 130 valence electrons. The number of hydrogen-bond acceptors (Lipinski definition) is 3. The number of fused-ring (bicyclic) bond motifs is 1. The van der Waals surface area contributed by atoms with Crippen molar-refractivity contribution < 1.29 is 15.0 Å². The second-order valence-corrected chi connectivity index (χ2v) is 7.45. The fourth-order valence-corrected chi connectivity index (χ4v) is 4.12. The van der Waals surface area contributed by atoms with Crippen LogP contribution < -0.4 is 0 Å². The van der Waals surface area contributed by atoms with Gasteiger partial charge in [-0.3, -0.25) is 0 Å². The van der Waals surface area contributed by atoms with E-state index in [1.54, 1.807) is 6.07 Å². The minimum absolute atomic E-state index is 0.0188. The average molecular weight is 345 g/mol. The first kappa shape index (κ1) is 15.4. The van der Waals surface area contributed by atoms with Crippen LogP contribution in [0.2, 0.25) is 0 Å². The molecule has 5 rings (SSSR count). The van der Waals surface area contributed by atoms with Gasteiger partial charge in [-0.05, 0) is 42.7 Å². The van der Waals surface area contributed by atoms with Crippen LogP contribution >= 0.6 is 0 Å². The van der Waals surface area contributed by atoms with Crippen molar-refractivity contribution in [3.63, 3.8) is 0 Å². The van der Waals surface area contributed by atoms with Gasteiger partial charge in [0.2, 0.25) is 0 Å². The molecule has 0 radical (unpaired) electrons. The smallest absolute Gasteiger partial charge is 0.340 e. The van der Waals surface area contributed by atoms with E-state index in [2.05, 4.69) is 0 Å². The molecule has 0 bridgehead atoms. The average Bonchev–Trinajstić information content (AvgIpc) is 3.55. The summed E-state index contributed by atoms with van der Waals surface area (Å²) in [6, 6.07) is 15.6. The van der Waals surface area contributed by atoms with E-state index < -0.39 is 5.97 Å². The number of nitrogens with zero attached hydrogens (tertiary/aromatic N) is 1. The molecule has 0 amide bonds. The standard InChI is InChI=1S/C22H19NO3/c24-19-17(21(25)26)16-8-4-7-15(13-9-10-13)18(16)23-20(19)22(11-12-22)14-5-2-1-3-6-14/h1-8,13,24H,9-12H2,(H,25,26). The maximum Gasteiger partial charge on any atom is 0.340 e. The van der Waals surface area contributed by atoms with Crippen LogP contribution in [0.4, 0.5) is 0 Å². The van der Waals surface area contributed by atoms with E-state index in [-0.39, 0.29) is 16.7 Å². The van der Waals surface area contributed by atoms with E-state index in [0.29, 0.717) is 17.0 Å². The highest BCUT2D eigenvalue weighted by Gasteiger charge is 2.50. The Balaban J connectivity index is 1.82. The van der Waals surface area contributed by atoms with Gasteiger partial charge < -0.3 is 10.2 Å². The lowest BCUT2D eigenvalue weighted by Gasteiger charge is -2.20. The van der Waals surface area contributed by atoms with Crippen LogP contribution in [0.25, 0.3) is 10.9 Å². The van der Waals surface area contributed by atoms with Gasteiger partial charge in [0.1, 0.15) is 5.56 Å². The fraction of sp³-hybridized carbons (Fsp3) is 0.273. The molecule has 1 heterocycles. The lowest BCUT2D eigenvalue weighted by atomic mass is 9.89. The number of aromatic nitrogens is 1. The van der Waals surface area contributed by atoms with E-state index in [9.17, 15) is 15.0 Å². The zero-order valence-electron chi connectivity index (χ0n) is 14.3. The number of aromatic carboxylic acids is 1. The molecule has 0 atom stereocenters. The maximum absolute atomic E-state index is 12.0. The lowest BCUT2D eigenvalue weighted by molar-refractivity contribution is 0.0695. The molecule has 3 aromatic rings. The number of carboxylic acid groups (broad SMARTS) is 1. The summed E-state index contributed by atoms with van der Waals surface area (Å²) in [5.41, 5.74) is 3.05. The van der Waals surface area contributed by atoms with Gasteiger partial charge >= 0.3 is 5.97 Å². The second kappa shape index (κ2) is 5.31. The van der Waals surface area contributed by atoms with Gasteiger partial charge in [-0.2, -0.15) is 0 Å². The van der Waals surface area contributed by atoms with Gasteiger partial charge in [-0.25, -0.2) is 9.78 Å². The number of rotatable bonds is 4. The lowest BCUT2D eigenvalue weighted by Crippen LogP contribution is -2.14. The number of pyridine rings is 1. The minimum Gasteiger partial charge on any atom is -0.505 e. The molecular formula is C22H19NO3. The van der Waals surface area contributed by atoms with Crippen molar-refractivity contribution in [1.82, 2.24) is 4.98 Å². The first-order valence-corrected chi connectivity index (χ1v) is 9.07. The van der Waals surface area contributed by atoms with E-state index in [1.807, 2.05) is 42.5 Å². The maximum atomic E-state index is 12.0. The number of aromatic hydroxyl groups is 1. The summed E-state index contributed by atoms with van der Waals surface area (Å²) < 4.78 is 0. The Labute approximate surface area is 151 Å². The fourth-order valence-electron chi connectivity index (χ4n) is 4.12. The van der Waals surface area contributed by atoms with Crippen LogP contribution in [0.1, 0.15) is 58.8 Å². The summed E-state index contributed by atoms with van der Waals surface area (Å²) >= 11 is 0. The highest BCUT2D eigenvalue weighted by molar-refractivity contribution is 6.06. The molecule has 2 N–H and O–H groups in total. The summed E-state index contributed by atoms with van der Waals surface area (Å²) in [6.07, 6.45) is 3.97. The highest BCUT2D eigenvalue weighted by Crippen LogP contribution is 2.56. The van der Waals surface area contributed by atoms with Crippen molar-refractivity contribution in [1.29, 1.82) is 0 Å². The Morgan fingerprint density at radius 3 is 2.38 bits per heavy atom. The first-order valence-electron chi connectivity index (χ1n) is 9.07. The molecule has 1 aromatic heterocycles. The Morgan fingerprint density at radius 2 is 1.77 bits per heavy atom. The van der Waals surface area contributed by atoms with Crippen LogP contribution in [0.15, 0.2) is 48.5 Å². The van der Waals surface area contributed by atoms with Crippen molar-refractivity contribution in [2.75, 3.05) is 0 Å². The summed E-state index contributed by atoms with van der Waals surface area (Å²) in [6.45, 7) is 0. The molecule has 2 aromatic carbocycles. The number of carbonyl (C=O) groups is 1. The molecule has 0 aliphatic heterocycles. The summed E-state index contributed by atoms with van der Waals surface area (Å²) in [4.78, 5) is 16.9. The second-order valence-electron chi connectivity index (χ2n) is 7.45. The van der Waals surface area contributed by atoms with Crippen LogP contribution in [-0.4, -0.2) is 21.2 Å². The van der Waals surface area contributed by atoms with E-state index in [4.69, 9.17) is 4.98 Å². The monoisotopic (exact) mass is 345 g/mol.